The number of carboxylic acid groups (broad SMARTS) is 1. The highest BCUT2D eigenvalue weighted by Crippen LogP contribution is 2.27. The van der Waals surface area contributed by atoms with E-state index in [9.17, 15) is 14.4 Å². The van der Waals surface area contributed by atoms with Gasteiger partial charge in [-0.2, -0.15) is 0 Å². The molecule has 1 aromatic heterocycles. The van der Waals surface area contributed by atoms with Gasteiger partial charge in [0.1, 0.15) is 0 Å². The van der Waals surface area contributed by atoms with Gasteiger partial charge >= 0.3 is 5.97 Å². The Hall–Kier alpha value is -3.34. The quantitative estimate of drug-likeness (QED) is 0.186. The van der Waals surface area contributed by atoms with Gasteiger partial charge in [0.05, 0.1) is 27.9 Å². The molecule has 0 bridgehead atoms. The van der Waals surface area contributed by atoms with Gasteiger partial charge in [-0.3, -0.25) is 9.59 Å². The van der Waals surface area contributed by atoms with Crippen LogP contribution in [0.3, 0.4) is 0 Å². The van der Waals surface area contributed by atoms with Crippen LogP contribution < -0.4 is 10.6 Å². The summed E-state index contributed by atoms with van der Waals surface area (Å²) >= 11 is 13.4. The number of carbonyl (C=O) groups excluding carboxylic acids is 2. The van der Waals surface area contributed by atoms with E-state index in [1.54, 1.807) is 34.9 Å². The summed E-state index contributed by atoms with van der Waals surface area (Å²) in [6.07, 6.45) is 2.26. The zero-order chi connectivity index (χ0) is 27.8. The van der Waals surface area contributed by atoms with Crippen LogP contribution in [-0.2, 0) is 11.3 Å². The second-order valence-electron chi connectivity index (χ2n) is 8.74. The summed E-state index contributed by atoms with van der Waals surface area (Å²) in [6, 6.07) is 10.2. The number of hydrogen-bond donors (Lipinski definition) is 3. The minimum atomic E-state index is -1.08. The average molecular weight is 577 g/mol. The highest BCUT2D eigenvalue weighted by Gasteiger charge is 2.25. The van der Waals surface area contributed by atoms with Crippen molar-refractivity contribution in [3.63, 3.8) is 0 Å². The molecule has 1 atom stereocenters. The van der Waals surface area contributed by atoms with Crippen molar-refractivity contribution in [2.24, 2.45) is 5.92 Å². The Kier molecular flexibility index (Phi) is 10.3. The third-order valence-electron chi connectivity index (χ3n) is 5.28. The number of aromatic carboxylic acids is 1. The van der Waals surface area contributed by atoms with Gasteiger partial charge in [-0.15, -0.1) is 16.8 Å². The minimum Gasteiger partial charge on any atom is -0.478 e. The summed E-state index contributed by atoms with van der Waals surface area (Å²) in [5, 5.41) is 24.6. The van der Waals surface area contributed by atoms with Gasteiger partial charge in [0, 0.05) is 17.3 Å². The fourth-order valence-electron chi connectivity index (χ4n) is 3.63. The van der Waals surface area contributed by atoms with Crippen LogP contribution in [0.25, 0.3) is 0 Å². The van der Waals surface area contributed by atoms with Crippen molar-refractivity contribution >= 4 is 58.4 Å². The summed E-state index contributed by atoms with van der Waals surface area (Å²) in [7, 11) is 0. The van der Waals surface area contributed by atoms with E-state index >= 15 is 0 Å². The number of thioether (sulfide) groups is 1. The van der Waals surface area contributed by atoms with Gasteiger partial charge in [-0.1, -0.05) is 61.0 Å². The maximum atomic E-state index is 13.1. The van der Waals surface area contributed by atoms with E-state index in [4.69, 9.17) is 28.3 Å². The molecule has 0 spiro atoms. The Morgan fingerprint density at radius 3 is 2.58 bits per heavy atom. The molecule has 0 aliphatic heterocycles. The molecule has 2 amide bonds. The first-order valence-electron chi connectivity index (χ1n) is 11.6. The van der Waals surface area contributed by atoms with Gasteiger partial charge in [-0.05, 0) is 48.7 Å². The molecule has 200 valence electrons. The Morgan fingerprint density at radius 2 is 1.92 bits per heavy atom. The fourth-order valence-corrected chi connectivity index (χ4v) is 4.88. The number of anilines is 1. The molecule has 0 radical (unpaired) electrons. The van der Waals surface area contributed by atoms with E-state index in [0.717, 1.165) is 0 Å². The lowest BCUT2D eigenvalue weighted by atomic mass is 10.0. The zero-order valence-corrected chi connectivity index (χ0v) is 23.1. The maximum absolute atomic E-state index is 13.1. The topological polar surface area (TPSA) is 126 Å². The SMILES string of the molecule is C=CCn1c(SCC(=O)Nc2cccc(C(=O)O)c2)nnc1[C@H](CC(C)C)NC(=O)c1ccc(Cl)cc1Cl. The molecule has 3 rings (SSSR count). The highest BCUT2D eigenvalue weighted by atomic mass is 35.5. The summed E-state index contributed by atoms with van der Waals surface area (Å²) in [5.74, 6) is -1.04. The van der Waals surface area contributed by atoms with Crippen molar-refractivity contribution in [2.75, 3.05) is 11.1 Å². The number of rotatable bonds is 12. The number of halogens is 2. The number of hydrogen-bond acceptors (Lipinski definition) is 6. The fraction of sp³-hybridized carbons (Fsp3) is 0.269. The normalized spacial score (nSPS) is 11.7. The monoisotopic (exact) mass is 575 g/mol. The van der Waals surface area contributed by atoms with Crippen molar-refractivity contribution in [3.8, 4) is 0 Å². The second-order valence-corrected chi connectivity index (χ2v) is 10.5. The van der Waals surface area contributed by atoms with Crippen molar-refractivity contribution in [2.45, 2.75) is 38.0 Å². The smallest absolute Gasteiger partial charge is 0.335 e. The van der Waals surface area contributed by atoms with Crippen LogP contribution in [0.1, 0.15) is 52.9 Å². The Bertz CT molecular complexity index is 1340. The molecule has 0 saturated heterocycles. The van der Waals surface area contributed by atoms with E-state index in [1.807, 2.05) is 13.8 Å². The van der Waals surface area contributed by atoms with Crippen LogP contribution in [0.5, 0.6) is 0 Å². The lowest BCUT2D eigenvalue weighted by Crippen LogP contribution is -2.32. The number of carboxylic acids is 1. The van der Waals surface area contributed by atoms with Crippen LogP contribution in [0.2, 0.25) is 10.0 Å². The minimum absolute atomic E-state index is 0.00810. The molecule has 3 aromatic rings. The third-order valence-corrected chi connectivity index (χ3v) is 6.80. The molecular formula is C26H27Cl2N5O4S. The Morgan fingerprint density at radius 1 is 1.16 bits per heavy atom. The van der Waals surface area contributed by atoms with E-state index < -0.39 is 12.0 Å². The summed E-state index contributed by atoms with van der Waals surface area (Å²) in [4.78, 5) is 36.8. The van der Waals surface area contributed by atoms with Gasteiger partial charge in [-0.25, -0.2) is 4.79 Å². The van der Waals surface area contributed by atoms with Crippen molar-refractivity contribution in [1.29, 1.82) is 0 Å². The Labute approximate surface area is 234 Å². The van der Waals surface area contributed by atoms with Gasteiger partial charge in [0.15, 0.2) is 11.0 Å². The highest BCUT2D eigenvalue weighted by molar-refractivity contribution is 7.99. The molecule has 0 saturated carbocycles. The molecule has 0 aliphatic carbocycles. The van der Waals surface area contributed by atoms with E-state index in [-0.39, 0.29) is 39.6 Å². The third kappa shape index (κ3) is 7.83. The van der Waals surface area contributed by atoms with E-state index in [0.29, 0.717) is 34.7 Å². The van der Waals surface area contributed by atoms with Crippen LogP contribution in [0, 0.1) is 5.92 Å². The molecule has 12 heteroatoms. The van der Waals surface area contributed by atoms with Crippen LogP contribution in [-0.4, -0.2) is 43.4 Å². The standard InChI is InChI=1S/C26H27Cl2N5O4S/c1-4-10-33-23(21(11-15(2)3)30-24(35)19-9-8-17(27)13-20(19)28)31-32-26(33)38-14-22(34)29-18-7-5-6-16(12-18)25(36)37/h4-9,12-13,15,21H,1,10-11,14H2,2-3H3,(H,29,34)(H,30,35)(H,36,37)/t21-/m0/s1. The first-order chi connectivity index (χ1) is 18.1. The summed E-state index contributed by atoms with van der Waals surface area (Å²) in [6.45, 7) is 8.23. The zero-order valence-electron chi connectivity index (χ0n) is 20.8. The lowest BCUT2D eigenvalue weighted by Gasteiger charge is -2.21. The second kappa shape index (κ2) is 13.5. The predicted octanol–water partition coefficient (Wildman–Crippen LogP) is 5.72. The number of allylic oxidation sites excluding steroid dienone is 1. The molecule has 3 N–H and O–H groups in total. The van der Waals surface area contributed by atoms with Crippen molar-refractivity contribution in [1.82, 2.24) is 20.1 Å². The predicted molar refractivity (Wildman–Crippen MR) is 149 cm³/mol. The number of aromatic nitrogens is 3. The van der Waals surface area contributed by atoms with Crippen molar-refractivity contribution in [3.05, 3.63) is 82.1 Å². The maximum Gasteiger partial charge on any atom is 0.335 e. The number of nitrogens with one attached hydrogen (secondary N) is 2. The molecular weight excluding hydrogens is 549 g/mol. The molecule has 0 fully saturated rings. The molecule has 2 aromatic carbocycles. The molecule has 1 heterocycles. The van der Waals surface area contributed by atoms with Gasteiger partial charge in [0.25, 0.3) is 5.91 Å². The van der Waals surface area contributed by atoms with E-state index in [2.05, 4.69) is 27.4 Å². The van der Waals surface area contributed by atoms with Crippen molar-refractivity contribution < 1.29 is 19.5 Å². The summed E-state index contributed by atoms with van der Waals surface area (Å²) < 4.78 is 1.80. The number of benzene rings is 2. The van der Waals surface area contributed by atoms with Crippen LogP contribution in [0.15, 0.2) is 60.3 Å². The van der Waals surface area contributed by atoms with Gasteiger partial charge < -0.3 is 20.3 Å². The molecule has 38 heavy (non-hydrogen) atoms. The molecule has 9 nitrogen and oxygen atoms in total. The summed E-state index contributed by atoms with van der Waals surface area (Å²) in [5.41, 5.74) is 0.742. The molecule has 0 aliphatic rings. The average Bonchev–Trinajstić information content (AvgIpc) is 3.24. The Balaban J connectivity index is 1.78. The number of nitrogens with zero attached hydrogens (tertiary/aromatic N) is 3. The first kappa shape index (κ1) is 29.2. The van der Waals surface area contributed by atoms with Crippen LogP contribution in [0.4, 0.5) is 5.69 Å². The number of amides is 2. The molecule has 0 unspecified atom stereocenters. The largest absolute Gasteiger partial charge is 0.478 e. The number of carbonyl (C=O) groups is 3. The van der Waals surface area contributed by atoms with Gasteiger partial charge in [0.2, 0.25) is 5.91 Å². The first-order valence-corrected chi connectivity index (χ1v) is 13.4. The lowest BCUT2D eigenvalue weighted by molar-refractivity contribution is -0.113. The van der Waals surface area contributed by atoms with E-state index in [1.165, 1.54) is 30.0 Å². The van der Waals surface area contributed by atoms with Crippen LogP contribution >= 0.6 is 35.0 Å².